The topological polar surface area (TPSA) is 86.1 Å². The van der Waals surface area contributed by atoms with Gasteiger partial charge in [-0.25, -0.2) is 4.98 Å². The molecule has 1 saturated heterocycles. The molecule has 6 nitrogen and oxygen atoms in total. The van der Waals surface area contributed by atoms with Gasteiger partial charge in [0.1, 0.15) is 6.10 Å². The maximum Gasteiger partial charge on any atom is 0.211 e. The molecule has 7 rings (SSSR count). The van der Waals surface area contributed by atoms with E-state index in [-0.39, 0.29) is 28.7 Å². The van der Waals surface area contributed by atoms with Crippen molar-refractivity contribution in [2.75, 3.05) is 14.1 Å². The van der Waals surface area contributed by atoms with E-state index in [1.807, 2.05) is 19.0 Å². The third-order valence-electron chi connectivity index (χ3n) is 11.1. The highest BCUT2D eigenvalue weighted by Crippen LogP contribution is 2.71. The first-order chi connectivity index (χ1) is 17.9. The Hall–Kier alpha value is -2.51. The third kappa shape index (κ3) is 2.90. The van der Waals surface area contributed by atoms with Crippen molar-refractivity contribution in [1.82, 2.24) is 9.88 Å². The Labute approximate surface area is 224 Å². The second kappa shape index (κ2) is 7.57. The summed E-state index contributed by atoms with van der Waals surface area (Å²) in [5.74, 6) is 0.286. The number of fused-ring (bicyclic) bond motifs is 2. The predicted molar refractivity (Wildman–Crippen MR) is 147 cm³/mol. The molecular formula is C32H38N2O4. The van der Waals surface area contributed by atoms with Crippen LogP contribution in [0.15, 0.2) is 59.8 Å². The van der Waals surface area contributed by atoms with E-state index < -0.39 is 23.4 Å². The number of aromatic nitrogens is 1. The molecule has 1 aromatic heterocycles. The number of rotatable bonds is 2. The van der Waals surface area contributed by atoms with Crippen LogP contribution in [-0.4, -0.2) is 68.8 Å². The zero-order valence-electron chi connectivity index (χ0n) is 22.9. The zero-order valence-corrected chi connectivity index (χ0v) is 22.9. The number of ether oxygens (including phenoxy) is 1. The Morgan fingerprint density at radius 2 is 1.84 bits per heavy atom. The van der Waals surface area contributed by atoms with E-state index in [4.69, 9.17) is 4.74 Å². The average Bonchev–Trinajstić information content (AvgIpc) is 3.39. The molecule has 7 atom stereocenters. The minimum absolute atomic E-state index is 0.0360. The molecule has 1 unspecified atom stereocenters. The molecule has 2 spiro atoms. The number of benzene rings is 1. The van der Waals surface area contributed by atoms with E-state index >= 15 is 0 Å². The van der Waals surface area contributed by atoms with Gasteiger partial charge in [0.15, 0.2) is 0 Å². The van der Waals surface area contributed by atoms with E-state index in [9.17, 15) is 15.3 Å². The number of likely N-dealkylation sites (N-methyl/N-ethyl adjacent to an activating group) is 1. The van der Waals surface area contributed by atoms with Crippen molar-refractivity contribution in [2.24, 2.45) is 16.7 Å². The highest BCUT2D eigenvalue weighted by molar-refractivity contribution is 5.88. The van der Waals surface area contributed by atoms with E-state index in [1.165, 1.54) is 16.7 Å². The summed E-state index contributed by atoms with van der Waals surface area (Å²) in [4.78, 5) is 6.06. The fraction of sp³-hybridized carbons (Fsp3) is 0.531. The Morgan fingerprint density at radius 3 is 2.61 bits per heavy atom. The van der Waals surface area contributed by atoms with Crippen LogP contribution in [0.3, 0.4) is 0 Å². The van der Waals surface area contributed by atoms with Crippen LogP contribution in [0.5, 0.6) is 5.88 Å². The van der Waals surface area contributed by atoms with Crippen molar-refractivity contribution >= 4 is 16.3 Å². The van der Waals surface area contributed by atoms with Gasteiger partial charge < -0.3 is 25.0 Å². The number of hydrogen-bond acceptors (Lipinski definition) is 6. The molecular weight excluding hydrogens is 476 g/mol. The molecule has 0 radical (unpaired) electrons. The lowest BCUT2D eigenvalue weighted by Crippen LogP contribution is -2.63. The molecule has 38 heavy (non-hydrogen) atoms. The summed E-state index contributed by atoms with van der Waals surface area (Å²) < 4.78 is 7.31. The number of nitrogens with zero attached hydrogens (tertiary/aromatic N) is 2. The summed E-state index contributed by atoms with van der Waals surface area (Å²) in [7, 11) is 3.94. The summed E-state index contributed by atoms with van der Waals surface area (Å²) in [6, 6.07) is 8.04. The second-order valence-electron chi connectivity index (χ2n) is 13.3. The van der Waals surface area contributed by atoms with Crippen LogP contribution in [0.25, 0.3) is 16.3 Å². The lowest BCUT2D eigenvalue weighted by Gasteiger charge is -2.60. The fourth-order valence-electron chi connectivity index (χ4n) is 8.81. The van der Waals surface area contributed by atoms with Crippen LogP contribution in [0.4, 0.5) is 0 Å². The Kier molecular flexibility index (Phi) is 4.88. The SMILES string of the molecule is CN(C)[C@H]1C[C@@]23CC[C@@]4(O2)C(=CC(C)(C)[C@]2(C)C(c5ccc6cnc(O)cc6c5)=CCC42)C=C3[C@@H](O)[C@@H]1O. The number of pyridine rings is 1. The quantitative estimate of drug-likeness (QED) is 0.543. The number of allylic oxidation sites excluding steroid dienone is 3. The van der Waals surface area contributed by atoms with Crippen molar-refractivity contribution in [1.29, 1.82) is 0 Å². The van der Waals surface area contributed by atoms with Crippen molar-refractivity contribution in [2.45, 2.75) is 75.9 Å². The van der Waals surface area contributed by atoms with Gasteiger partial charge in [0.05, 0.1) is 17.3 Å². The highest BCUT2D eigenvalue weighted by atomic mass is 16.5. The van der Waals surface area contributed by atoms with E-state index in [0.29, 0.717) is 6.42 Å². The molecule has 3 heterocycles. The normalized spacial score (nSPS) is 40.8. The van der Waals surface area contributed by atoms with Gasteiger partial charge in [0.2, 0.25) is 5.88 Å². The standard InChI is InChI=1S/C32H38N2O4/c1-29(2)15-21-14-23-27(36)28(37)24(34(4)5)16-31(23)10-11-32(21,38-31)25-9-8-22(30(25,29)3)18-6-7-19-17-33-26(35)13-20(19)12-18/h6-8,12-15,17,24-25,27-28,36-37H,9-11,16H2,1-5H3,(H,33,35)/t24-,25?,27+,28+,30+,31+,32+/m0/s1. The van der Waals surface area contributed by atoms with Gasteiger partial charge >= 0.3 is 0 Å². The van der Waals surface area contributed by atoms with Crippen LogP contribution in [-0.2, 0) is 4.74 Å². The molecule has 5 aliphatic rings. The summed E-state index contributed by atoms with van der Waals surface area (Å²) in [6.45, 7) is 7.04. The molecule has 6 heteroatoms. The molecule has 2 aliphatic heterocycles. The van der Waals surface area contributed by atoms with Gasteiger partial charge in [0.25, 0.3) is 0 Å². The van der Waals surface area contributed by atoms with E-state index in [0.717, 1.165) is 35.6 Å². The fourth-order valence-corrected chi connectivity index (χ4v) is 8.81. The van der Waals surface area contributed by atoms with Gasteiger partial charge in [0, 0.05) is 35.0 Å². The highest BCUT2D eigenvalue weighted by Gasteiger charge is 2.70. The third-order valence-corrected chi connectivity index (χ3v) is 11.1. The van der Waals surface area contributed by atoms with Gasteiger partial charge in [-0.2, -0.15) is 0 Å². The minimum atomic E-state index is -0.926. The molecule has 2 bridgehead atoms. The van der Waals surface area contributed by atoms with Gasteiger partial charge in [-0.15, -0.1) is 0 Å². The van der Waals surface area contributed by atoms with E-state index in [2.05, 4.69) is 62.2 Å². The summed E-state index contributed by atoms with van der Waals surface area (Å²) >= 11 is 0. The number of aromatic hydroxyl groups is 1. The Bertz CT molecular complexity index is 1460. The number of hydrogen-bond donors (Lipinski definition) is 3. The minimum Gasteiger partial charge on any atom is -0.493 e. The van der Waals surface area contributed by atoms with Gasteiger partial charge in [-0.3, -0.25) is 0 Å². The van der Waals surface area contributed by atoms with Crippen LogP contribution in [0.1, 0.15) is 52.0 Å². The molecule has 3 aliphatic carbocycles. The van der Waals surface area contributed by atoms with Crippen molar-refractivity contribution < 1.29 is 20.1 Å². The maximum absolute atomic E-state index is 11.3. The predicted octanol–water partition coefficient (Wildman–Crippen LogP) is 4.60. The second-order valence-corrected chi connectivity index (χ2v) is 13.3. The first kappa shape index (κ1) is 24.5. The molecule has 1 saturated carbocycles. The van der Waals surface area contributed by atoms with Gasteiger partial charge in [-0.1, -0.05) is 51.1 Å². The monoisotopic (exact) mass is 514 g/mol. The number of aliphatic hydroxyl groups is 2. The maximum atomic E-state index is 11.3. The first-order valence-electron chi connectivity index (χ1n) is 13.9. The average molecular weight is 515 g/mol. The van der Waals surface area contributed by atoms with Crippen molar-refractivity contribution in [3.63, 3.8) is 0 Å². The molecule has 2 fully saturated rings. The molecule has 3 N–H and O–H groups in total. The number of aliphatic hydroxyl groups excluding tert-OH is 2. The lowest BCUT2D eigenvalue weighted by molar-refractivity contribution is -0.170. The summed E-state index contributed by atoms with van der Waals surface area (Å²) in [5, 5.41) is 34.2. The van der Waals surface area contributed by atoms with Crippen LogP contribution >= 0.6 is 0 Å². The van der Waals surface area contributed by atoms with Crippen LogP contribution in [0.2, 0.25) is 0 Å². The molecule has 2 aromatic rings. The first-order valence-corrected chi connectivity index (χ1v) is 13.9. The van der Waals surface area contributed by atoms with E-state index in [1.54, 1.807) is 12.3 Å². The smallest absolute Gasteiger partial charge is 0.211 e. The largest absolute Gasteiger partial charge is 0.493 e. The zero-order chi connectivity index (χ0) is 26.8. The molecule has 200 valence electrons. The van der Waals surface area contributed by atoms with Gasteiger partial charge in [-0.05, 0) is 78.9 Å². The van der Waals surface area contributed by atoms with Crippen molar-refractivity contribution in [3.8, 4) is 5.88 Å². The summed E-state index contributed by atoms with van der Waals surface area (Å²) in [5.41, 5.74) is 3.24. The molecule has 0 amide bonds. The van der Waals surface area contributed by atoms with Crippen LogP contribution in [0, 0.1) is 16.7 Å². The summed E-state index contributed by atoms with van der Waals surface area (Å²) in [6.07, 6.45) is 10.3. The lowest BCUT2D eigenvalue weighted by atomic mass is 9.49. The molecule has 1 aromatic carbocycles. The van der Waals surface area contributed by atoms with Crippen molar-refractivity contribution in [3.05, 3.63) is 65.4 Å². The Balaban J connectivity index is 1.36. The van der Waals surface area contributed by atoms with Crippen LogP contribution < -0.4 is 0 Å². The Morgan fingerprint density at radius 1 is 1.05 bits per heavy atom.